The Balaban J connectivity index is 2.88. The van der Waals surface area contributed by atoms with Crippen molar-refractivity contribution in [3.63, 3.8) is 0 Å². The van der Waals surface area contributed by atoms with Crippen molar-refractivity contribution in [2.45, 2.75) is 25.8 Å². The highest BCUT2D eigenvalue weighted by molar-refractivity contribution is 6.31. The first-order chi connectivity index (χ1) is 7.85. The standard InChI is InChI=1S/C12H17ClN2O2/c1-3-12(2,15)7-17-10-5-4-8(13)6-9(10)11(14)16/h4-6H,3,7,15H2,1-2H3,(H2,14,16). The van der Waals surface area contributed by atoms with Crippen molar-refractivity contribution in [2.24, 2.45) is 11.5 Å². The molecule has 1 rings (SSSR count). The highest BCUT2D eigenvalue weighted by atomic mass is 35.5. The average molecular weight is 257 g/mol. The third-order valence-corrected chi connectivity index (χ3v) is 2.81. The quantitative estimate of drug-likeness (QED) is 0.845. The van der Waals surface area contributed by atoms with Crippen molar-refractivity contribution in [2.75, 3.05) is 6.61 Å². The lowest BCUT2D eigenvalue weighted by molar-refractivity contribution is 0.0994. The van der Waals surface area contributed by atoms with Crippen molar-refractivity contribution in [1.82, 2.24) is 0 Å². The summed E-state index contributed by atoms with van der Waals surface area (Å²) in [7, 11) is 0. The molecule has 1 aromatic rings. The second-order valence-corrected chi connectivity index (χ2v) is 4.74. The minimum absolute atomic E-state index is 0.268. The molecule has 0 aliphatic heterocycles. The number of benzene rings is 1. The first-order valence-corrected chi connectivity index (χ1v) is 5.74. The molecule has 1 amide bonds. The van der Waals surface area contributed by atoms with Gasteiger partial charge in [-0.05, 0) is 31.5 Å². The van der Waals surface area contributed by atoms with Crippen molar-refractivity contribution in [3.05, 3.63) is 28.8 Å². The molecule has 0 aromatic heterocycles. The van der Waals surface area contributed by atoms with E-state index in [0.29, 0.717) is 17.4 Å². The predicted octanol–water partition coefficient (Wildman–Crippen LogP) is 1.95. The van der Waals surface area contributed by atoms with Crippen LogP contribution < -0.4 is 16.2 Å². The third kappa shape index (κ3) is 3.91. The van der Waals surface area contributed by atoms with Crippen LogP contribution in [0.4, 0.5) is 0 Å². The Kier molecular flexibility index (Phi) is 4.37. The van der Waals surface area contributed by atoms with Crippen LogP contribution in [0.5, 0.6) is 5.75 Å². The van der Waals surface area contributed by atoms with Gasteiger partial charge in [0.05, 0.1) is 5.56 Å². The Morgan fingerprint density at radius 2 is 2.18 bits per heavy atom. The van der Waals surface area contributed by atoms with Crippen LogP contribution in [0.1, 0.15) is 30.6 Å². The van der Waals surface area contributed by atoms with Crippen LogP contribution in [0.15, 0.2) is 18.2 Å². The zero-order valence-electron chi connectivity index (χ0n) is 10.00. The summed E-state index contributed by atoms with van der Waals surface area (Å²) < 4.78 is 5.52. The molecule has 17 heavy (non-hydrogen) atoms. The molecule has 0 saturated carbocycles. The molecule has 1 aromatic carbocycles. The molecule has 0 aliphatic carbocycles. The maximum absolute atomic E-state index is 11.2. The van der Waals surface area contributed by atoms with E-state index in [-0.39, 0.29) is 5.56 Å². The van der Waals surface area contributed by atoms with E-state index in [0.717, 1.165) is 6.42 Å². The topological polar surface area (TPSA) is 78.3 Å². The van der Waals surface area contributed by atoms with Crippen molar-refractivity contribution in [1.29, 1.82) is 0 Å². The van der Waals surface area contributed by atoms with Crippen molar-refractivity contribution >= 4 is 17.5 Å². The van der Waals surface area contributed by atoms with Gasteiger partial charge in [-0.25, -0.2) is 0 Å². The highest BCUT2D eigenvalue weighted by Crippen LogP contribution is 2.23. The Morgan fingerprint density at radius 1 is 1.53 bits per heavy atom. The Bertz CT molecular complexity index is 419. The largest absolute Gasteiger partial charge is 0.491 e. The number of nitrogens with two attached hydrogens (primary N) is 2. The molecule has 1 unspecified atom stereocenters. The Morgan fingerprint density at radius 3 is 2.71 bits per heavy atom. The summed E-state index contributed by atoms with van der Waals surface area (Å²) in [4.78, 5) is 11.2. The van der Waals surface area contributed by atoms with E-state index in [1.165, 1.54) is 6.07 Å². The van der Waals surface area contributed by atoms with Gasteiger partial charge in [0.2, 0.25) is 0 Å². The summed E-state index contributed by atoms with van der Waals surface area (Å²) in [5, 5.41) is 0.442. The smallest absolute Gasteiger partial charge is 0.252 e. The average Bonchev–Trinajstić information content (AvgIpc) is 2.27. The number of carbonyl (C=O) groups is 1. The molecule has 0 saturated heterocycles. The van der Waals surface area contributed by atoms with Gasteiger partial charge < -0.3 is 16.2 Å². The minimum Gasteiger partial charge on any atom is -0.491 e. The van der Waals surface area contributed by atoms with Gasteiger partial charge in [0.1, 0.15) is 12.4 Å². The van der Waals surface area contributed by atoms with Crippen LogP contribution in [0.3, 0.4) is 0 Å². The monoisotopic (exact) mass is 256 g/mol. The molecule has 0 fully saturated rings. The van der Waals surface area contributed by atoms with E-state index < -0.39 is 11.4 Å². The van der Waals surface area contributed by atoms with E-state index >= 15 is 0 Å². The van der Waals surface area contributed by atoms with Gasteiger partial charge in [0.15, 0.2) is 0 Å². The van der Waals surface area contributed by atoms with Gasteiger partial charge >= 0.3 is 0 Å². The Labute approximate surface area is 106 Å². The molecule has 0 aliphatic rings. The normalized spacial score (nSPS) is 14.1. The van der Waals surface area contributed by atoms with E-state index in [1.54, 1.807) is 12.1 Å². The van der Waals surface area contributed by atoms with Gasteiger partial charge in [-0.15, -0.1) is 0 Å². The minimum atomic E-state index is -0.572. The summed E-state index contributed by atoms with van der Waals surface area (Å²) in [6.07, 6.45) is 0.770. The van der Waals surface area contributed by atoms with Crippen LogP contribution in [0.25, 0.3) is 0 Å². The maximum atomic E-state index is 11.2. The highest BCUT2D eigenvalue weighted by Gasteiger charge is 2.18. The molecular weight excluding hydrogens is 240 g/mol. The van der Waals surface area contributed by atoms with E-state index in [4.69, 9.17) is 27.8 Å². The molecule has 0 bridgehead atoms. The fourth-order valence-corrected chi connectivity index (χ4v) is 1.34. The number of hydrogen-bond donors (Lipinski definition) is 2. The summed E-state index contributed by atoms with van der Waals surface area (Å²) >= 11 is 5.79. The molecule has 0 heterocycles. The van der Waals surface area contributed by atoms with Gasteiger partial charge in [-0.3, -0.25) is 4.79 Å². The fourth-order valence-electron chi connectivity index (χ4n) is 1.17. The lowest BCUT2D eigenvalue weighted by atomic mass is 10.0. The Hall–Kier alpha value is -1.26. The van der Waals surface area contributed by atoms with Crippen molar-refractivity contribution in [3.8, 4) is 5.75 Å². The summed E-state index contributed by atoms with van der Waals surface area (Å²) in [5.74, 6) is -0.162. The molecule has 0 spiro atoms. The second kappa shape index (κ2) is 5.38. The number of halogens is 1. The van der Waals surface area contributed by atoms with Crippen LogP contribution in [0.2, 0.25) is 5.02 Å². The predicted molar refractivity (Wildman–Crippen MR) is 68.3 cm³/mol. The number of ether oxygens (including phenoxy) is 1. The van der Waals surface area contributed by atoms with Crippen LogP contribution in [-0.2, 0) is 0 Å². The van der Waals surface area contributed by atoms with E-state index in [9.17, 15) is 4.79 Å². The van der Waals surface area contributed by atoms with Gasteiger partial charge in [-0.2, -0.15) is 0 Å². The third-order valence-electron chi connectivity index (χ3n) is 2.57. The summed E-state index contributed by atoms with van der Waals surface area (Å²) in [5.41, 5.74) is 11.0. The van der Waals surface area contributed by atoms with Crippen molar-refractivity contribution < 1.29 is 9.53 Å². The first kappa shape index (κ1) is 13.8. The second-order valence-electron chi connectivity index (χ2n) is 4.30. The summed E-state index contributed by atoms with van der Waals surface area (Å²) in [6.45, 7) is 4.17. The number of amides is 1. The van der Waals surface area contributed by atoms with E-state index in [2.05, 4.69) is 0 Å². The molecule has 4 nitrogen and oxygen atoms in total. The lowest BCUT2D eigenvalue weighted by Gasteiger charge is -2.23. The zero-order valence-corrected chi connectivity index (χ0v) is 10.8. The molecule has 1 atom stereocenters. The molecular formula is C12H17ClN2O2. The molecule has 4 N–H and O–H groups in total. The molecule has 94 valence electrons. The number of rotatable bonds is 5. The van der Waals surface area contributed by atoms with Crippen LogP contribution in [-0.4, -0.2) is 18.1 Å². The first-order valence-electron chi connectivity index (χ1n) is 5.37. The molecule has 0 radical (unpaired) electrons. The molecule has 5 heteroatoms. The zero-order chi connectivity index (χ0) is 13.1. The van der Waals surface area contributed by atoms with Crippen LogP contribution >= 0.6 is 11.6 Å². The number of primary amides is 1. The fraction of sp³-hybridized carbons (Fsp3) is 0.417. The number of carbonyl (C=O) groups excluding carboxylic acids is 1. The van der Waals surface area contributed by atoms with Gasteiger partial charge in [-0.1, -0.05) is 18.5 Å². The number of hydrogen-bond acceptors (Lipinski definition) is 3. The van der Waals surface area contributed by atoms with Gasteiger partial charge in [0, 0.05) is 10.6 Å². The lowest BCUT2D eigenvalue weighted by Crippen LogP contribution is -2.41. The summed E-state index contributed by atoms with van der Waals surface area (Å²) in [6, 6.07) is 4.75. The SMILES string of the molecule is CCC(C)(N)COc1ccc(Cl)cc1C(N)=O. The van der Waals surface area contributed by atoms with Gasteiger partial charge in [0.25, 0.3) is 5.91 Å². The van der Waals surface area contributed by atoms with E-state index in [1.807, 2.05) is 13.8 Å². The van der Waals surface area contributed by atoms with Crippen LogP contribution in [0, 0.1) is 0 Å². The maximum Gasteiger partial charge on any atom is 0.252 e.